The number of halogens is 2. The van der Waals surface area contributed by atoms with Gasteiger partial charge in [-0.05, 0) is 31.0 Å². The Balaban J connectivity index is 0.00000161. The monoisotopic (exact) mass is 332 g/mol. The lowest BCUT2D eigenvalue weighted by molar-refractivity contribution is -0.132. The van der Waals surface area contributed by atoms with Crippen molar-refractivity contribution in [3.8, 4) is 5.75 Å². The van der Waals surface area contributed by atoms with Crippen LogP contribution in [0.4, 0.5) is 0 Å². The molecule has 2 aliphatic heterocycles. The van der Waals surface area contributed by atoms with E-state index in [0.29, 0.717) is 24.6 Å². The van der Waals surface area contributed by atoms with E-state index in [-0.39, 0.29) is 30.5 Å². The molecule has 116 valence electrons. The van der Waals surface area contributed by atoms with Crippen molar-refractivity contribution in [3.05, 3.63) is 28.8 Å². The number of ether oxygens (including phenoxy) is 2. The van der Waals surface area contributed by atoms with Gasteiger partial charge in [-0.25, -0.2) is 0 Å². The predicted octanol–water partition coefficient (Wildman–Crippen LogP) is 1.82. The molecule has 2 aliphatic rings. The summed E-state index contributed by atoms with van der Waals surface area (Å²) in [6.07, 6.45) is 1.13. The molecule has 7 heteroatoms. The molecule has 0 saturated carbocycles. The lowest BCUT2D eigenvalue weighted by atomic mass is 10.1. The first-order chi connectivity index (χ1) is 9.67. The molecule has 3 rings (SSSR count). The molecule has 1 amide bonds. The molecule has 1 aromatic rings. The number of fused-ring (bicyclic) bond motifs is 1. The standard InChI is InChI=1S/C14H17ClN2O3.ClH/c15-8-1-3-12-10(5-8)11(7-19-12)17-14(18)13-4-2-9(6-16)20-13;/h1,3,5,9,11,13H,2,4,6-7,16H2,(H,17,18);1H/t9-,11?,13+;/m1./s1. The van der Waals surface area contributed by atoms with Crippen molar-refractivity contribution >= 4 is 29.9 Å². The first-order valence-electron chi connectivity index (χ1n) is 6.75. The Bertz CT molecular complexity index is 527. The van der Waals surface area contributed by atoms with Crippen LogP contribution in [0.25, 0.3) is 0 Å². The molecule has 0 spiro atoms. The zero-order valence-corrected chi connectivity index (χ0v) is 13.0. The van der Waals surface area contributed by atoms with Crippen LogP contribution in [0.15, 0.2) is 18.2 Å². The van der Waals surface area contributed by atoms with Crippen LogP contribution in [0.2, 0.25) is 5.02 Å². The Labute approximate surface area is 134 Å². The molecule has 21 heavy (non-hydrogen) atoms. The van der Waals surface area contributed by atoms with Crippen molar-refractivity contribution in [2.75, 3.05) is 13.2 Å². The highest BCUT2D eigenvalue weighted by Crippen LogP contribution is 2.34. The van der Waals surface area contributed by atoms with E-state index in [1.54, 1.807) is 6.07 Å². The topological polar surface area (TPSA) is 73.6 Å². The maximum absolute atomic E-state index is 12.2. The van der Waals surface area contributed by atoms with Crippen molar-refractivity contribution in [1.82, 2.24) is 5.32 Å². The molecular weight excluding hydrogens is 315 g/mol. The Kier molecular flexibility index (Phi) is 5.32. The second-order valence-corrected chi connectivity index (χ2v) is 5.55. The summed E-state index contributed by atoms with van der Waals surface area (Å²) in [5.41, 5.74) is 6.46. The summed E-state index contributed by atoms with van der Waals surface area (Å²) >= 11 is 5.98. The maximum Gasteiger partial charge on any atom is 0.249 e. The zero-order valence-electron chi connectivity index (χ0n) is 11.4. The molecule has 3 N–H and O–H groups in total. The van der Waals surface area contributed by atoms with Gasteiger partial charge >= 0.3 is 0 Å². The molecule has 1 unspecified atom stereocenters. The minimum absolute atomic E-state index is 0. The summed E-state index contributed by atoms with van der Waals surface area (Å²) < 4.78 is 11.1. The van der Waals surface area contributed by atoms with E-state index in [0.717, 1.165) is 17.7 Å². The van der Waals surface area contributed by atoms with E-state index in [4.69, 9.17) is 26.8 Å². The van der Waals surface area contributed by atoms with Gasteiger partial charge in [0.05, 0.1) is 12.1 Å². The smallest absolute Gasteiger partial charge is 0.249 e. The number of hydrogen-bond donors (Lipinski definition) is 2. The third-order valence-electron chi connectivity index (χ3n) is 3.73. The maximum atomic E-state index is 12.2. The first kappa shape index (κ1) is 16.4. The normalized spacial score (nSPS) is 26.7. The summed E-state index contributed by atoms with van der Waals surface area (Å²) in [4.78, 5) is 12.2. The summed E-state index contributed by atoms with van der Waals surface area (Å²) in [7, 11) is 0. The molecule has 1 aromatic carbocycles. The zero-order chi connectivity index (χ0) is 14.1. The number of carbonyl (C=O) groups is 1. The van der Waals surface area contributed by atoms with Gasteiger partial charge in [0.25, 0.3) is 0 Å². The fourth-order valence-corrected chi connectivity index (χ4v) is 2.82. The Hall–Kier alpha value is -1.01. The highest BCUT2D eigenvalue weighted by molar-refractivity contribution is 6.30. The van der Waals surface area contributed by atoms with Gasteiger partial charge in [0.15, 0.2) is 0 Å². The van der Waals surface area contributed by atoms with Crippen LogP contribution < -0.4 is 15.8 Å². The third kappa shape index (κ3) is 3.43. The van der Waals surface area contributed by atoms with Gasteiger partial charge in [0, 0.05) is 17.1 Å². The van der Waals surface area contributed by atoms with Gasteiger partial charge in [0.2, 0.25) is 5.91 Å². The molecule has 2 heterocycles. The Morgan fingerprint density at radius 3 is 2.95 bits per heavy atom. The van der Waals surface area contributed by atoms with Gasteiger partial charge in [0.1, 0.15) is 18.5 Å². The van der Waals surface area contributed by atoms with Crippen LogP contribution in [-0.4, -0.2) is 31.3 Å². The second kappa shape index (κ2) is 6.83. The van der Waals surface area contributed by atoms with E-state index < -0.39 is 6.10 Å². The van der Waals surface area contributed by atoms with Gasteiger partial charge < -0.3 is 20.5 Å². The summed E-state index contributed by atoms with van der Waals surface area (Å²) in [5, 5.41) is 3.59. The Morgan fingerprint density at radius 2 is 2.24 bits per heavy atom. The SMILES string of the molecule is Cl.NC[C@H]1CC[C@@H](C(=O)NC2COc3ccc(Cl)cc32)O1. The highest BCUT2D eigenvalue weighted by Gasteiger charge is 2.33. The molecule has 0 aliphatic carbocycles. The second-order valence-electron chi connectivity index (χ2n) is 5.11. The average Bonchev–Trinajstić information content (AvgIpc) is 3.06. The minimum Gasteiger partial charge on any atom is -0.491 e. The number of hydrogen-bond acceptors (Lipinski definition) is 4. The van der Waals surface area contributed by atoms with Crippen molar-refractivity contribution < 1.29 is 14.3 Å². The van der Waals surface area contributed by atoms with Crippen LogP contribution >= 0.6 is 24.0 Å². The van der Waals surface area contributed by atoms with E-state index in [1.807, 2.05) is 12.1 Å². The molecule has 5 nitrogen and oxygen atoms in total. The number of rotatable bonds is 3. The van der Waals surface area contributed by atoms with E-state index >= 15 is 0 Å². The van der Waals surface area contributed by atoms with E-state index in [2.05, 4.69) is 5.32 Å². The highest BCUT2D eigenvalue weighted by atomic mass is 35.5. The summed E-state index contributed by atoms with van der Waals surface area (Å²) in [6.45, 7) is 0.878. The molecule has 1 fully saturated rings. The van der Waals surface area contributed by atoms with Gasteiger partial charge in [-0.3, -0.25) is 4.79 Å². The summed E-state index contributed by atoms with van der Waals surface area (Å²) in [6, 6.07) is 5.25. The first-order valence-corrected chi connectivity index (χ1v) is 7.13. The van der Waals surface area contributed by atoms with Crippen molar-refractivity contribution in [2.24, 2.45) is 5.73 Å². The number of nitrogens with one attached hydrogen (secondary N) is 1. The number of benzene rings is 1. The fraction of sp³-hybridized carbons (Fsp3) is 0.500. The molecule has 1 saturated heterocycles. The van der Waals surface area contributed by atoms with Gasteiger partial charge in [-0.1, -0.05) is 11.6 Å². The largest absolute Gasteiger partial charge is 0.491 e. The number of nitrogens with two attached hydrogens (primary N) is 1. The number of amides is 1. The van der Waals surface area contributed by atoms with Crippen molar-refractivity contribution in [1.29, 1.82) is 0 Å². The Morgan fingerprint density at radius 1 is 1.43 bits per heavy atom. The van der Waals surface area contributed by atoms with Crippen LogP contribution in [0.1, 0.15) is 24.4 Å². The van der Waals surface area contributed by atoms with Gasteiger partial charge in [-0.15, -0.1) is 12.4 Å². The molecular formula is C14H18Cl2N2O3. The average molecular weight is 333 g/mol. The molecule has 0 bridgehead atoms. The van der Waals surface area contributed by atoms with Crippen molar-refractivity contribution in [2.45, 2.75) is 31.1 Å². The molecule has 0 aromatic heterocycles. The quantitative estimate of drug-likeness (QED) is 0.885. The van der Waals surface area contributed by atoms with E-state index in [9.17, 15) is 4.79 Å². The van der Waals surface area contributed by atoms with Crippen LogP contribution in [0.3, 0.4) is 0 Å². The van der Waals surface area contributed by atoms with E-state index in [1.165, 1.54) is 0 Å². The van der Waals surface area contributed by atoms with Crippen LogP contribution in [-0.2, 0) is 9.53 Å². The third-order valence-corrected chi connectivity index (χ3v) is 3.97. The van der Waals surface area contributed by atoms with Gasteiger partial charge in [-0.2, -0.15) is 0 Å². The lowest BCUT2D eigenvalue weighted by Crippen LogP contribution is -2.38. The van der Waals surface area contributed by atoms with Crippen molar-refractivity contribution in [3.63, 3.8) is 0 Å². The minimum atomic E-state index is -0.410. The molecule has 0 radical (unpaired) electrons. The van der Waals surface area contributed by atoms with Crippen LogP contribution in [0.5, 0.6) is 5.75 Å². The molecule has 3 atom stereocenters. The number of carbonyl (C=O) groups excluding carboxylic acids is 1. The summed E-state index contributed by atoms with van der Waals surface area (Å²) in [5.74, 6) is 0.661. The van der Waals surface area contributed by atoms with Crippen LogP contribution in [0, 0.1) is 0 Å². The predicted molar refractivity (Wildman–Crippen MR) is 82.0 cm³/mol. The lowest BCUT2D eigenvalue weighted by Gasteiger charge is -2.16. The fourth-order valence-electron chi connectivity index (χ4n) is 2.64.